The number of hydrogen-bond acceptors (Lipinski definition) is 8. The maximum atomic E-state index is 12.7. The molecule has 3 aromatic carbocycles. The highest BCUT2D eigenvalue weighted by atomic mass is 16.5. The third kappa shape index (κ3) is 5.07. The van der Waals surface area contributed by atoms with Crippen LogP contribution in [0, 0.1) is 0 Å². The maximum absolute atomic E-state index is 12.7. The Labute approximate surface area is 209 Å². The summed E-state index contributed by atoms with van der Waals surface area (Å²) < 4.78 is 5.25. The van der Waals surface area contributed by atoms with Crippen LogP contribution < -0.4 is 26.4 Å². The summed E-state index contributed by atoms with van der Waals surface area (Å²) in [5.74, 6) is 0.286. The van der Waals surface area contributed by atoms with Crippen LogP contribution in [0.15, 0.2) is 70.4 Å². The van der Waals surface area contributed by atoms with Crippen LogP contribution in [0.1, 0.15) is 26.3 Å². The van der Waals surface area contributed by atoms with Crippen molar-refractivity contribution in [2.45, 2.75) is 33.2 Å². The van der Waals surface area contributed by atoms with E-state index in [-0.39, 0.29) is 12.3 Å². The Morgan fingerprint density at radius 3 is 2.39 bits per heavy atom. The molecule has 1 atom stereocenters. The first-order valence-corrected chi connectivity index (χ1v) is 12.2. The summed E-state index contributed by atoms with van der Waals surface area (Å²) in [6.45, 7) is 6.94. The molecule has 8 heteroatoms. The molecule has 0 unspecified atom stereocenters. The first-order chi connectivity index (χ1) is 17.5. The number of aromatic nitrogens is 1. The molecule has 0 aliphatic rings. The van der Waals surface area contributed by atoms with Crippen molar-refractivity contribution in [3.63, 3.8) is 0 Å². The molecule has 0 bridgehead atoms. The van der Waals surface area contributed by atoms with Crippen molar-refractivity contribution in [1.29, 1.82) is 0 Å². The van der Waals surface area contributed by atoms with Gasteiger partial charge in [-0.2, -0.15) is 0 Å². The minimum atomic E-state index is -0.805. The number of fused-ring (bicyclic) bond motifs is 1. The Morgan fingerprint density at radius 1 is 0.972 bits per heavy atom. The summed E-state index contributed by atoms with van der Waals surface area (Å²) in [5, 5.41) is 8.47. The van der Waals surface area contributed by atoms with Crippen molar-refractivity contribution in [2.75, 3.05) is 35.2 Å². The highest BCUT2D eigenvalue weighted by Gasteiger charge is 2.29. The molecule has 36 heavy (non-hydrogen) atoms. The van der Waals surface area contributed by atoms with Gasteiger partial charge in [-0.15, -0.1) is 0 Å². The van der Waals surface area contributed by atoms with Crippen LogP contribution in [-0.4, -0.2) is 36.7 Å². The molecular weight excluding hydrogens is 456 g/mol. The van der Waals surface area contributed by atoms with E-state index in [4.69, 9.17) is 4.74 Å². The quantitative estimate of drug-likeness (QED) is 0.242. The fourth-order valence-corrected chi connectivity index (χ4v) is 4.28. The fourth-order valence-electron chi connectivity index (χ4n) is 4.28. The third-order valence-corrected chi connectivity index (χ3v) is 6.18. The number of hydrogen-bond donors (Lipinski definition) is 2. The Bertz CT molecular complexity index is 1420. The SMILES string of the molecule is CCOC(=O)[C@H](Cc1ccc(Nc2nccc3ccccc23)cc1)Nc1c(N(CC)CC)c(=O)c1=O. The number of ether oxygens (including phenoxy) is 1. The average molecular weight is 487 g/mol. The lowest BCUT2D eigenvalue weighted by atomic mass is 10.0. The number of anilines is 4. The molecule has 4 rings (SSSR count). The van der Waals surface area contributed by atoms with Crippen LogP contribution in [0.25, 0.3) is 10.8 Å². The van der Waals surface area contributed by atoms with E-state index in [1.54, 1.807) is 13.1 Å². The molecule has 0 fully saturated rings. The molecule has 1 heterocycles. The molecule has 0 aliphatic carbocycles. The fraction of sp³-hybridized carbons (Fsp3) is 0.286. The predicted octanol–water partition coefficient (Wildman–Crippen LogP) is 4.01. The minimum absolute atomic E-state index is 0.182. The Hall–Kier alpha value is -4.20. The molecule has 0 spiro atoms. The summed E-state index contributed by atoms with van der Waals surface area (Å²) in [4.78, 5) is 43.5. The second kappa shape index (κ2) is 11.0. The molecule has 0 amide bonds. The summed E-state index contributed by atoms with van der Waals surface area (Å²) in [6.07, 6.45) is 2.06. The van der Waals surface area contributed by atoms with Crippen molar-refractivity contribution >= 4 is 39.6 Å². The van der Waals surface area contributed by atoms with Gasteiger partial charge in [0.05, 0.1) is 6.61 Å². The van der Waals surface area contributed by atoms with Crippen LogP contribution in [0.2, 0.25) is 0 Å². The van der Waals surface area contributed by atoms with E-state index in [0.29, 0.717) is 25.2 Å². The number of rotatable bonds is 11. The van der Waals surface area contributed by atoms with Crippen LogP contribution >= 0.6 is 0 Å². The molecule has 1 aromatic heterocycles. The van der Waals surface area contributed by atoms with Crippen molar-refractivity contribution in [2.24, 2.45) is 0 Å². The smallest absolute Gasteiger partial charge is 0.328 e. The molecular formula is C28H30N4O4. The maximum Gasteiger partial charge on any atom is 0.328 e. The van der Waals surface area contributed by atoms with E-state index in [9.17, 15) is 14.4 Å². The molecule has 0 saturated heterocycles. The van der Waals surface area contributed by atoms with Crippen LogP contribution in [-0.2, 0) is 16.0 Å². The molecule has 4 aromatic rings. The molecule has 8 nitrogen and oxygen atoms in total. The van der Waals surface area contributed by atoms with Crippen molar-refractivity contribution in [3.05, 3.63) is 86.8 Å². The van der Waals surface area contributed by atoms with Crippen LogP contribution in [0.5, 0.6) is 0 Å². The second-order valence-corrected chi connectivity index (χ2v) is 8.41. The van der Waals surface area contributed by atoms with Gasteiger partial charge in [-0.1, -0.05) is 36.4 Å². The van der Waals surface area contributed by atoms with Gasteiger partial charge in [-0.3, -0.25) is 9.59 Å². The molecule has 2 N–H and O–H groups in total. The topological polar surface area (TPSA) is 101 Å². The zero-order valence-corrected chi connectivity index (χ0v) is 20.7. The number of esters is 1. The number of benzene rings is 2. The van der Waals surface area contributed by atoms with Crippen LogP contribution in [0.4, 0.5) is 22.9 Å². The van der Waals surface area contributed by atoms with E-state index in [0.717, 1.165) is 27.8 Å². The van der Waals surface area contributed by atoms with Crippen molar-refractivity contribution < 1.29 is 9.53 Å². The largest absolute Gasteiger partial charge is 0.464 e. The van der Waals surface area contributed by atoms with Crippen LogP contribution in [0.3, 0.4) is 0 Å². The minimum Gasteiger partial charge on any atom is -0.464 e. The standard InChI is InChI=1S/C28H30N4O4/c1-4-32(5-2)24-23(25(33)26(24)34)31-22(28(35)36-6-3)17-18-11-13-20(14-12-18)30-27-21-10-8-7-9-19(21)15-16-29-27/h7-16,22,31H,4-6,17H2,1-3H3,(H,29,30)/t22-/m0/s1. The van der Waals surface area contributed by atoms with Gasteiger partial charge in [0.1, 0.15) is 23.2 Å². The Morgan fingerprint density at radius 2 is 1.69 bits per heavy atom. The van der Waals surface area contributed by atoms with Gasteiger partial charge in [0.25, 0.3) is 10.9 Å². The normalized spacial score (nSPS) is 11.9. The molecule has 0 saturated carbocycles. The number of pyridine rings is 1. The first kappa shape index (κ1) is 24.9. The Kier molecular flexibility index (Phi) is 7.63. The van der Waals surface area contributed by atoms with E-state index in [1.807, 2.05) is 73.3 Å². The van der Waals surface area contributed by atoms with Crippen molar-refractivity contribution in [3.8, 4) is 0 Å². The van der Waals surface area contributed by atoms with Gasteiger partial charge in [-0.05, 0) is 49.9 Å². The first-order valence-electron chi connectivity index (χ1n) is 12.2. The predicted molar refractivity (Wildman–Crippen MR) is 144 cm³/mol. The lowest BCUT2D eigenvalue weighted by Gasteiger charge is -2.27. The number of carbonyl (C=O) groups excluding carboxylic acids is 1. The molecule has 186 valence electrons. The second-order valence-electron chi connectivity index (χ2n) is 8.41. The lowest BCUT2D eigenvalue weighted by molar-refractivity contribution is -0.144. The molecule has 0 radical (unpaired) electrons. The average Bonchev–Trinajstić information content (AvgIpc) is 2.91. The summed E-state index contributed by atoms with van der Waals surface area (Å²) in [7, 11) is 0. The lowest BCUT2D eigenvalue weighted by Crippen LogP contribution is -2.46. The van der Waals surface area contributed by atoms with Gasteiger partial charge in [0.2, 0.25) is 0 Å². The monoisotopic (exact) mass is 486 g/mol. The molecule has 0 aliphatic heterocycles. The Balaban J connectivity index is 1.53. The summed E-state index contributed by atoms with van der Waals surface area (Å²) >= 11 is 0. The number of nitrogens with zero attached hydrogens (tertiary/aromatic N) is 2. The van der Waals surface area contributed by atoms with Crippen molar-refractivity contribution in [1.82, 2.24) is 4.98 Å². The zero-order valence-electron chi connectivity index (χ0n) is 20.7. The van der Waals surface area contributed by atoms with Gasteiger partial charge in [-0.25, -0.2) is 9.78 Å². The van der Waals surface area contributed by atoms with E-state index < -0.39 is 22.9 Å². The zero-order chi connectivity index (χ0) is 25.7. The van der Waals surface area contributed by atoms with E-state index >= 15 is 0 Å². The highest BCUT2D eigenvalue weighted by molar-refractivity contribution is 5.93. The van der Waals surface area contributed by atoms with E-state index in [2.05, 4.69) is 15.6 Å². The van der Waals surface area contributed by atoms with Gasteiger partial charge in [0, 0.05) is 36.8 Å². The van der Waals surface area contributed by atoms with E-state index in [1.165, 1.54) is 0 Å². The third-order valence-electron chi connectivity index (χ3n) is 6.18. The van der Waals surface area contributed by atoms with Gasteiger partial charge in [0.15, 0.2) is 0 Å². The summed E-state index contributed by atoms with van der Waals surface area (Å²) in [5.41, 5.74) is 1.12. The summed E-state index contributed by atoms with van der Waals surface area (Å²) in [6, 6.07) is 16.8. The number of nitrogens with one attached hydrogen (secondary N) is 2. The highest BCUT2D eigenvalue weighted by Crippen LogP contribution is 2.25. The van der Waals surface area contributed by atoms with Gasteiger partial charge >= 0.3 is 5.97 Å². The van der Waals surface area contributed by atoms with Gasteiger partial charge < -0.3 is 20.3 Å². The number of carbonyl (C=O) groups is 1.